The minimum absolute atomic E-state index is 1.01. The summed E-state index contributed by atoms with van der Waals surface area (Å²) in [7, 11) is 0. The molecule has 0 aliphatic rings. The van der Waals surface area contributed by atoms with Crippen LogP contribution in [0.15, 0.2) is 5.10 Å². The Bertz CT molecular complexity index is 79.3. The lowest BCUT2D eigenvalue weighted by molar-refractivity contribution is 0.671. The summed E-state index contributed by atoms with van der Waals surface area (Å²) in [6, 6.07) is 0. The van der Waals surface area contributed by atoms with Gasteiger partial charge in [-0.05, 0) is 12.8 Å². The molecule has 0 saturated heterocycles. The molecule has 0 aliphatic carbocycles. The van der Waals surface area contributed by atoms with E-state index in [2.05, 4.69) is 24.4 Å². The van der Waals surface area contributed by atoms with Crippen LogP contribution in [0.4, 0.5) is 0 Å². The highest BCUT2D eigenvalue weighted by Crippen LogP contribution is 1.82. The third kappa shape index (κ3) is 7.47. The molecule has 0 aromatic carbocycles. The highest BCUT2D eigenvalue weighted by Gasteiger charge is 1.78. The fourth-order valence-corrected chi connectivity index (χ4v) is 0.579. The van der Waals surface area contributed by atoms with E-state index >= 15 is 0 Å². The summed E-state index contributed by atoms with van der Waals surface area (Å²) in [6.07, 6.45) is 6.65. The number of unbranched alkanes of at least 4 members (excludes halogenated alkanes) is 2. The second-order valence-electron chi connectivity index (χ2n) is 2.36. The molecule has 2 heteroatoms. The first-order valence-electron chi connectivity index (χ1n) is 4.16. The van der Waals surface area contributed by atoms with Crippen molar-refractivity contribution in [1.29, 1.82) is 0 Å². The van der Waals surface area contributed by atoms with Gasteiger partial charge in [-0.15, -0.1) is 0 Å². The van der Waals surface area contributed by atoms with Crippen molar-refractivity contribution in [2.75, 3.05) is 6.54 Å². The van der Waals surface area contributed by atoms with E-state index in [0.717, 1.165) is 13.0 Å². The number of rotatable bonds is 6. The highest BCUT2D eigenvalue weighted by atomic mass is 15.3. The summed E-state index contributed by atoms with van der Waals surface area (Å²) in [4.78, 5) is 0. The van der Waals surface area contributed by atoms with Crippen LogP contribution < -0.4 is 5.43 Å². The van der Waals surface area contributed by atoms with Gasteiger partial charge in [0.2, 0.25) is 0 Å². The summed E-state index contributed by atoms with van der Waals surface area (Å²) in [6.45, 7) is 5.34. The van der Waals surface area contributed by atoms with Crippen molar-refractivity contribution in [1.82, 2.24) is 5.43 Å². The summed E-state index contributed by atoms with van der Waals surface area (Å²) in [5.41, 5.74) is 2.99. The molecule has 10 heavy (non-hydrogen) atoms. The van der Waals surface area contributed by atoms with Crippen LogP contribution in [0, 0.1) is 0 Å². The van der Waals surface area contributed by atoms with Crippen LogP contribution in [0.25, 0.3) is 0 Å². The normalized spacial score (nSPS) is 10.6. The third-order valence-corrected chi connectivity index (χ3v) is 1.24. The lowest BCUT2D eigenvalue weighted by Crippen LogP contribution is -2.06. The molecule has 2 nitrogen and oxygen atoms in total. The molecule has 1 N–H and O–H groups in total. The van der Waals surface area contributed by atoms with Crippen LogP contribution in [0.2, 0.25) is 0 Å². The van der Waals surface area contributed by atoms with Gasteiger partial charge in [0.25, 0.3) is 0 Å². The average molecular weight is 142 g/mol. The first-order valence-corrected chi connectivity index (χ1v) is 4.16. The standard InChI is InChI=1S/C8H18N2/c1-3-5-7-9-10-8-6-4-2/h7,10H,3-6,8H2,1-2H3. The van der Waals surface area contributed by atoms with Gasteiger partial charge in [-0.3, -0.25) is 0 Å². The predicted molar refractivity (Wildman–Crippen MR) is 46.3 cm³/mol. The number of hydrogen-bond acceptors (Lipinski definition) is 2. The monoisotopic (exact) mass is 142 g/mol. The number of hydrazone groups is 1. The number of hydrogen-bond donors (Lipinski definition) is 1. The average Bonchev–Trinajstić information content (AvgIpc) is 1.97. The molecule has 0 atom stereocenters. The van der Waals surface area contributed by atoms with E-state index in [1.54, 1.807) is 0 Å². The van der Waals surface area contributed by atoms with Gasteiger partial charge in [0, 0.05) is 12.8 Å². The van der Waals surface area contributed by atoms with Gasteiger partial charge in [0.15, 0.2) is 0 Å². The Balaban J connectivity index is 2.88. The molecule has 60 valence electrons. The smallest absolute Gasteiger partial charge is 0.0329 e. The molecule has 0 aromatic heterocycles. The molecule has 0 heterocycles. The fourth-order valence-electron chi connectivity index (χ4n) is 0.579. The maximum atomic E-state index is 4.02. The molecule has 0 fully saturated rings. The van der Waals surface area contributed by atoms with E-state index < -0.39 is 0 Å². The van der Waals surface area contributed by atoms with E-state index in [0.29, 0.717) is 0 Å². The van der Waals surface area contributed by atoms with Gasteiger partial charge in [-0.25, -0.2) is 0 Å². The van der Waals surface area contributed by atoms with Gasteiger partial charge in [0.1, 0.15) is 0 Å². The molecule has 0 aromatic rings. The van der Waals surface area contributed by atoms with Crippen molar-refractivity contribution in [2.24, 2.45) is 5.10 Å². The summed E-state index contributed by atoms with van der Waals surface area (Å²) in [5, 5.41) is 4.02. The van der Waals surface area contributed by atoms with Crippen LogP contribution in [0.1, 0.15) is 39.5 Å². The zero-order chi connectivity index (χ0) is 7.66. The van der Waals surface area contributed by atoms with Crippen molar-refractivity contribution < 1.29 is 0 Å². The van der Waals surface area contributed by atoms with E-state index in [1.807, 2.05) is 6.21 Å². The minimum atomic E-state index is 1.01. The van der Waals surface area contributed by atoms with Crippen LogP contribution in [0.3, 0.4) is 0 Å². The first-order chi connectivity index (χ1) is 4.91. The Labute approximate surface area is 63.7 Å². The number of nitrogens with zero attached hydrogens (tertiary/aromatic N) is 1. The second-order valence-corrected chi connectivity index (χ2v) is 2.36. The van der Waals surface area contributed by atoms with Crippen LogP contribution in [0.5, 0.6) is 0 Å². The molecule has 0 saturated carbocycles. The summed E-state index contributed by atoms with van der Waals surface area (Å²) in [5.74, 6) is 0. The van der Waals surface area contributed by atoms with E-state index in [-0.39, 0.29) is 0 Å². The molecule has 0 aliphatic heterocycles. The van der Waals surface area contributed by atoms with E-state index in [1.165, 1.54) is 19.3 Å². The Morgan fingerprint density at radius 2 is 2.10 bits per heavy atom. The second kappa shape index (κ2) is 8.47. The lowest BCUT2D eigenvalue weighted by Gasteiger charge is -1.95. The molecule has 0 spiro atoms. The highest BCUT2D eigenvalue weighted by molar-refractivity contribution is 5.56. The van der Waals surface area contributed by atoms with E-state index in [9.17, 15) is 0 Å². The maximum absolute atomic E-state index is 4.02. The van der Waals surface area contributed by atoms with Gasteiger partial charge in [-0.2, -0.15) is 5.10 Å². The van der Waals surface area contributed by atoms with Gasteiger partial charge < -0.3 is 5.43 Å². The Morgan fingerprint density at radius 3 is 2.70 bits per heavy atom. The third-order valence-electron chi connectivity index (χ3n) is 1.24. The van der Waals surface area contributed by atoms with Gasteiger partial charge >= 0.3 is 0 Å². The molecule has 0 unspecified atom stereocenters. The maximum Gasteiger partial charge on any atom is 0.0329 e. The lowest BCUT2D eigenvalue weighted by atomic mass is 10.3. The van der Waals surface area contributed by atoms with Crippen molar-refractivity contribution >= 4 is 6.21 Å². The van der Waals surface area contributed by atoms with Crippen molar-refractivity contribution in [2.45, 2.75) is 39.5 Å². The SMILES string of the molecule is CCCC=NNCCCC. The first kappa shape index (κ1) is 9.47. The quantitative estimate of drug-likeness (QED) is 0.343. The van der Waals surface area contributed by atoms with Gasteiger partial charge in [-0.1, -0.05) is 26.7 Å². The fraction of sp³-hybridized carbons (Fsp3) is 0.875. The predicted octanol–water partition coefficient (Wildman–Crippen LogP) is 2.16. The Morgan fingerprint density at radius 1 is 1.30 bits per heavy atom. The molecular weight excluding hydrogens is 124 g/mol. The van der Waals surface area contributed by atoms with Crippen molar-refractivity contribution in [3.8, 4) is 0 Å². The van der Waals surface area contributed by atoms with Gasteiger partial charge in [0.05, 0.1) is 0 Å². The molecule has 0 bridgehead atoms. The zero-order valence-corrected chi connectivity index (χ0v) is 7.06. The largest absolute Gasteiger partial charge is 0.310 e. The minimum Gasteiger partial charge on any atom is -0.310 e. The van der Waals surface area contributed by atoms with Crippen molar-refractivity contribution in [3.05, 3.63) is 0 Å². The van der Waals surface area contributed by atoms with Crippen LogP contribution in [-0.2, 0) is 0 Å². The Hall–Kier alpha value is -0.530. The summed E-state index contributed by atoms with van der Waals surface area (Å²) < 4.78 is 0. The molecule has 0 radical (unpaired) electrons. The molecule has 0 rings (SSSR count). The van der Waals surface area contributed by atoms with Crippen molar-refractivity contribution in [3.63, 3.8) is 0 Å². The summed E-state index contributed by atoms with van der Waals surface area (Å²) >= 11 is 0. The Kier molecular flexibility index (Phi) is 8.02. The van der Waals surface area contributed by atoms with Crippen LogP contribution >= 0.6 is 0 Å². The zero-order valence-electron chi connectivity index (χ0n) is 7.06. The van der Waals surface area contributed by atoms with E-state index in [4.69, 9.17) is 0 Å². The number of nitrogens with one attached hydrogen (secondary N) is 1. The topological polar surface area (TPSA) is 24.4 Å². The van der Waals surface area contributed by atoms with Crippen LogP contribution in [-0.4, -0.2) is 12.8 Å². The molecular formula is C8H18N2. The molecule has 0 amide bonds.